The van der Waals surface area contributed by atoms with Gasteiger partial charge < -0.3 is 10.2 Å². The molecular formula is C20H23FN2O2. The van der Waals surface area contributed by atoms with Gasteiger partial charge in [0.2, 0.25) is 11.8 Å². The molecule has 0 heterocycles. The van der Waals surface area contributed by atoms with Crippen molar-refractivity contribution < 1.29 is 14.0 Å². The molecule has 2 aromatic rings. The number of rotatable bonds is 7. The zero-order chi connectivity index (χ0) is 18.2. The van der Waals surface area contributed by atoms with E-state index >= 15 is 0 Å². The Bertz CT molecular complexity index is 711. The van der Waals surface area contributed by atoms with Crippen LogP contribution in [0.2, 0.25) is 0 Å². The highest BCUT2D eigenvalue weighted by molar-refractivity contribution is 5.83. The summed E-state index contributed by atoms with van der Waals surface area (Å²) in [6, 6.07) is 14.1. The van der Waals surface area contributed by atoms with E-state index in [0.717, 1.165) is 11.1 Å². The fourth-order valence-electron chi connectivity index (χ4n) is 2.40. The van der Waals surface area contributed by atoms with Crippen molar-refractivity contribution in [2.75, 3.05) is 13.1 Å². The van der Waals surface area contributed by atoms with Crippen LogP contribution >= 0.6 is 0 Å². The van der Waals surface area contributed by atoms with Crippen molar-refractivity contribution in [3.63, 3.8) is 0 Å². The Morgan fingerprint density at radius 3 is 2.20 bits per heavy atom. The van der Waals surface area contributed by atoms with Crippen LogP contribution in [0.25, 0.3) is 0 Å². The Balaban J connectivity index is 1.83. The highest BCUT2D eigenvalue weighted by Crippen LogP contribution is 2.05. The Morgan fingerprint density at radius 2 is 1.60 bits per heavy atom. The maximum atomic E-state index is 12.9. The summed E-state index contributed by atoms with van der Waals surface area (Å²) in [5, 5.41) is 2.83. The maximum Gasteiger partial charge on any atom is 0.239 e. The van der Waals surface area contributed by atoms with E-state index in [0.29, 0.717) is 19.5 Å². The topological polar surface area (TPSA) is 49.4 Å². The van der Waals surface area contributed by atoms with Crippen molar-refractivity contribution in [2.24, 2.45) is 0 Å². The summed E-state index contributed by atoms with van der Waals surface area (Å²) in [6.07, 6.45) is 0.575. The van der Waals surface area contributed by atoms with Gasteiger partial charge in [-0.3, -0.25) is 9.59 Å². The number of amides is 2. The number of aryl methyl sites for hydroxylation is 1. The molecule has 0 unspecified atom stereocenters. The van der Waals surface area contributed by atoms with Gasteiger partial charge in [-0.15, -0.1) is 0 Å². The van der Waals surface area contributed by atoms with Gasteiger partial charge in [0.15, 0.2) is 0 Å². The molecule has 132 valence electrons. The smallest absolute Gasteiger partial charge is 0.239 e. The highest BCUT2D eigenvalue weighted by Gasteiger charge is 2.13. The molecular weight excluding hydrogens is 319 g/mol. The maximum absolute atomic E-state index is 12.9. The summed E-state index contributed by atoms with van der Waals surface area (Å²) in [5.74, 6) is -0.648. The van der Waals surface area contributed by atoms with Crippen molar-refractivity contribution in [3.05, 3.63) is 71.0 Å². The van der Waals surface area contributed by atoms with E-state index < -0.39 is 0 Å². The van der Waals surface area contributed by atoms with Gasteiger partial charge in [0.1, 0.15) is 5.82 Å². The Labute approximate surface area is 147 Å². The molecule has 0 saturated carbocycles. The summed E-state index contributed by atoms with van der Waals surface area (Å²) in [4.78, 5) is 25.3. The minimum atomic E-state index is -0.289. The third-order valence-electron chi connectivity index (χ3n) is 3.97. The average Bonchev–Trinajstić information content (AvgIpc) is 2.59. The average molecular weight is 342 g/mol. The van der Waals surface area contributed by atoms with Crippen LogP contribution < -0.4 is 5.32 Å². The van der Waals surface area contributed by atoms with Crippen LogP contribution in [0.1, 0.15) is 23.6 Å². The molecule has 0 aliphatic rings. The van der Waals surface area contributed by atoms with Crippen molar-refractivity contribution in [1.82, 2.24) is 10.2 Å². The van der Waals surface area contributed by atoms with Crippen molar-refractivity contribution in [2.45, 2.75) is 26.8 Å². The first-order chi connectivity index (χ1) is 11.9. The molecule has 2 rings (SSSR count). The molecule has 0 atom stereocenters. The van der Waals surface area contributed by atoms with E-state index in [-0.39, 0.29) is 24.2 Å². The van der Waals surface area contributed by atoms with Gasteiger partial charge in [0.25, 0.3) is 0 Å². The van der Waals surface area contributed by atoms with Crippen molar-refractivity contribution in [3.8, 4) is 0 Å². The molecule has 2 aromatic carbocycles. The molecule has 5 heteroatoms. The predicted octanol–water partition coefficient (Wildman–Crippen LogP) is 2.84. The highest BCUT2D eigenvalue weighted by atomic mass is 19.1. The van der Waals surface area contributed by atoms with Crippen LogP contribution in [0, 0.1) is 12.7 Å². The van der Waals surface area contributed by atoms with Gasteiger partial charge >= 0.3 is 0 Å². The van der Waals surface area contributed by atoms with Gasteiger partial charge in [0.05, 0.1) is 6.54 Å². The third kappa shape index (κ3) is 6.37. The van der Waals surface area contributed by atoms with E-state index in [4.69, 9.17) is 0 Å². The van der Waals surface area contributed by atoms with Crippen LogP contribution in [-0.2, 0) is 22.6 Å². The molecule has 0 aliphatic carbocycles. The zero-order valence-corrected chi connectivity index (χ0v) is 14.6. The van der Waals surface area contributed by atoms with Gasteiger partial charge in [-0.1, -0.05) is 42.0 Å². The minimum absolute atomic E-state index is 0.0163. The second-order valence-corrected chi connectivity index (χ2v) is 6.08. The summed E-state index contributed by atoms with van der Waals surface area (Å²) < 4.78 is 12.9. The molecule has 0 saturated heterocycles. The first kappa shape index (κ1) is 18.6. The second-order valence-electron chi connectivity index (χ2n) is 6.08. The van der Waals surface area contributed by atoms with E-state index in [1.807, 2.05) is 31.2 Å². The normalized spacial score (nSPS) is 10.4. The molecule has 2 amide bonds. The van der Waals surface area contributed by atoms with Crippen molar-refractivity contribution >= 4 is 11.8 Å². The molecule has 1 N–H and O–H groups in total. The number of nitrogens with zero attached hydrogens (tertiary/aromatic N) is 1. The summed E-state index contributed by atoms with van der Waals surface area (Å²) in [5.41, 5.74) is 3.10. The Kier molecular flexibility index (Phi) is 6.69. The van der Waals surface area contributed by atoms with Gasteiger partial charge in [-0.25, -0.2) is 4.39 Å². The molecule has 25 heavy (non-hydrogen) atoms. The fraction of sp³-hybridized carbons (Fsp3) is 0.300. The number of nitrogens with one attached hydrogen (secondary N) is 1. The standard InChI is InChI=1S/C20H23FN2O2/c1-15-3-5-18(6-4-15)13-22-20(25)14-23(16(2)24)12-11-17-7-9-19(21)10-8-17/h3-10H,11-14H2,1-2H3,(H,22,25). The van der Waals surface area contributed by atoms with Gasteiger partial charge in [-0.05, 0) is 36.6 Å². The number of hydrogen-bond acceptors (Lipinski definition) is 2. The number of hydrogen-bond donors (Lipinski definition) is 1. The first-order valence-electron chi connectivity index (χ1n) is 8.26. The lowest BCUT2D eigenvalue weighted by Crippen LogP contribution is -2.40. The lowest BCUT2D eigenvalue weighted by Gasteiger charge is -2.20. The van der Waals surface area contributed by atoms with Crippen molar-refractivity contribution in [1.29, 1.82) is 0 Å². The Morgan fingerprint density at radius 1 is 1.00 bits per heavy atom. The lowest BCUT2D eigenvalue weighted by molar-refractivity contribution is -0.134. The summed E-state index contributed by atoms with van der Waals surface area (Å²) in [7, 11) is 0. The largest absolute Gasteiger partial charge is 0.350 e. The number of benzene rings is 2. The molecule has 0 radical (unpaired) electrons. The van der Waals surface area contributed by atoms with E-state index in [2.05, 4.69) is 5.32 Å². The third-order valence-corrected chi connectivity index (χ3v) is 3.97. The van der Waals surface area contributed by atoms with Crippen LogP contribution in [0.15, 0.2) is 48.5 Å². The van der Waals surface area contributed by atoms with Gasteiger partial charge in [-0.2, -0.15) is 0 Å². The van der Waals surface area contributed by atoms with Crippen LogP contribution in [-0.4, -0.2) is 29.8 Å². The lowest BCUT2D eigenvalue weighted by atomic mass is 10.1. The molecule has 0 fully saturated rings. The monoisotopic (exact) mass is 342 g/mol. The second kappa shape index (κ2) is 8.97. The summed E-state index contributed by atoms with van der Waals surface area (Å²) >= 11 is 0. The fourth-order valence-corrected chi connectivity index (χ4v) is 2.40. The quantitative estimate of drug-likeness (QED) is 0.841. The molecule has 0 spiro atoms. The molecule has 0 aromatic heterocycles. The van der Waals surface area contributed by atoms with E-state index in [9.17, 15) is 14.0 Å². The molecule has 0 bridgehead atoms. The zero-order valence-electron chi connectivity index (χ0n) is 14.6. The minimum Gasteiger partial charge on any atom is -0.350 e. The van der Waals surface area contributed by atoms with E-state index in [1.165, 1.54) is 29.5 Å². The van der Waals surface area contributed by atoms with Gasteiger partial charge in [0, 0.05) is 20.0 Å². The number of halogens is 1. The van der Waals surface area contributed by atoms with E-state index in [1.54, 1.807) is 12.1 Å². The first-order valence-corrected chi connectivity index (χ1v) is 8.26. The van der Waals surface area contributed by atoms with Crippen LogP contribution in [0.3, 0.4) is 0 Å². The molecule has 0 aliphatic heterocycles. The number of carbonyl (C=O) groups excluding carboxylic acids is 2. The summed E-state index contributed by atoms with van der Waals surface area (Å²) in [6.45, 7) is 4.32. The number of carbonyl (C=O) groups is 2. The SMILES string of the molecule is CC(=O)N(CCc1ccc(F)cc1)CC(=O)NCc1ccc(C)cc1. The Hall–Kier alpha value is -2.69. The molecule has 4 nitrogen and oxygen atoms in total. The van der Waals surface area contributed by atoms with Crippen LogP contribution in [0.4, 0.5) is 4.39 Å². The predicted molar refractivity (Wildman–Crippen MR) is 95.4 cm³/mol. The van der Waals surface area contributed by atoms with Crippen LogP contribution in [0.5, 0.6) is 0 Å².